The average molecular weight is 382 g/mol. The quantitative estimate of drug-likeness (QED) is 0.451. The minimum atomic E-state index is -2.32. The van der Waals surface area contributed by atoms with E-state index in [4.69, 9.17) is 0 Å². The van der Waals surface area contributed by atoms with Gasteiger partial charge in [-0.3, -0.25) is 0 Å². The van der Waals surface area contributed by atoms with Crippen molar-refractivity contribution >= 4 is 19.6 Å². The molecular weight excluding hydrogens is 361 g/mol. The Labute approximate surface area is 139 Å². The summed E-state index contributed by atoms with van der Waals surface area (Å²) in [6.45, 7) is 1.54. The predicted octanol–water partition coefficient (Wildman–Crippen LogP) is 1.29. The Kier molecular flexibility index (Phi) is 3.49. The van der Waals surface area contributed by atoms with Crippen molar-refractivity contribution < 1.29 is 18.5 Å². The van der Waals surface area contributed by atoms with Crippen LogP contribution < -0.4 is 4.73 Å². The van der Waals surface area contributed by atoms with E-state index in [1.54, 1.807) is 13.1 Å². The summed E-state index contributed by atoms with van der Waals surface area (Å²) >= 11 is -2.32. The van der Waals surface area contributed by atoms with Gasteiger partial charge >= 0.3 is 139 Å². The molecule has 1 N–H and O–H groups in total. The van der Waals surface area contributed by atoms with E-state index in [-0.39, 0.29) is 33.7 Å². The number of aliphatic hydroxyl groups is 1. The van der Waals surface area contributed by atoms with Crippen molar-refractivity contribution in [3.63, 3.8) is 0 Å². The SMILES string of the molecule is CC(=O)[C@@H]1CC[C@H]2[C@@H]3CCc4c[n+]([O-])ccc4[C@H]3[Se](=O)C[C@]12O. The van der Waals surface area contributed by atoms with Gasteiger partial charge in [0, 0.05) is 0 Å². The monoisotopic (exact) mass is 383 g/mol. The van der Waals surface area contributed by atoms with Crippen molar-refractivity contribution in [3.05, 3.63) is 34.8 Å². The Bertz CT molecular complexity index is 706. The van der Waals surface area contributed by atoms with Crippen LogP contribution in [0.3, 0.4) is 0 Å². The Balaban J connectivity index is 1.76. The fourth-order valence-corrected chi connectivity index (χ4v) is 10.0. The van der Waals surface area contributed by atoms with Gasteiger partial charge in [0.2, 0.25) is 0 Å². The third kappa shape index (κ3) is 2.15. The molecule has 2 heterocycles. The van der Waals surface area contributed by atoms with Crippen LogP contribution in [0.4, 0.5) is 0 Å². The van der Waals surface area contributed by atoms with Crippen molar-refractivity contribution in [3.8, 4) is 0 Å². The van der Waals surface area contributed by atoms with Gasteiger partial charge in [-0.1, -0.05) is 0 Å². The molecule has 1 saturated heterocycles. The topological polar surface area (TPSA) is 81.3 Å². The van der Waals surface area contributed by atoms with Gasteiger partial charge in [0.1, 0.15) is 0 Å². The fraction of sp³-hybridized carbons (Fsp3) is 0.647. The number of ketones is 1. The van der Waals surface area contributed by atoms with Crippen molar-refractivity contribution in [2.45, 2.75) is 48.3 Å². The van der Waals surface area contributed by atoms with Crippen LogP contribution in [0.2, 0.25) is 5.32 Å². The molecule has 6 atom stereocenters. The van der Waals surface area contributed by atoms with Crippen LogP contribution in [0.15, 0.2) is 18.5 Å². The maximum atomic E-state index is 13.0. The maximum absolute atomic E-state index is 13.0. The van der Waals surface area contributed by atoms with E-state index in [1.807, 2.05) is 6.07 Å². The van der Waals surface area contributed by atoms with E-state index in [2.05, 4.69) is 0 Å². The molecule has 2 aliphatic carbocycles. The molecule has 0 radical (unpaired) electrons. The number of carbonyl (C=O) groups is 1. The first-order valence-electron chi connectivity index (χ1n) is 8.23. The van der Waals surface area contributed by atoms with Crippen LogP contribution in [0.5, 0.6) is 0 Å². The third-order valence-electron chi connectivity index (χ3n) is 6.17. The molecule has 1 aliphatic heterocycles. The third-order valence-corrected chi connectivity index (χ3v) is 10.2. The number of fused-ring (bicyclic) bond motifs is 5. The molecule has 5 nitrogen and oxygen atoms in total. The summed E-state index contributed by atoms with van der Waals surface area (Å²) in [5, 5.41) is 23.0. The summed E-state index contributed by atoms with van der Waals surface area (Å²) in [6.07, 6.45) is 6.26. The molecule has 1 aromatic heterocycles. The van der Waals surface area contributed by atoms with Crippen molar-refractivity contribution in [2.24, 2.45) is 17.8 Å². The zero-order valence-corrected chi connectivity index (χ0v) is 14.8. The number of aromatic nitrogens is 1. The Hall–Kier alpha value is -1.10. The van der Waals surface area contributed by atoms with Crippen LogP contribution in [0, 0.1) is 23.0 Å². The Morgan fingerprint density at radius 3 is 2.96 bits per heavy atom. The van der Waals surface area contributed by atoms with Gasteiger partial charge in [-0.15, -0.1) is 0 Å². The van der Waals surface area contributed by atoms with Gasteiger partial charge in [0.15, 0.2) is 0 Å². The second-order valence-electron chi connectivity index (χ2n) is 7.27. The summed E-state index contributed by atoms with van der Waals surface area (Å²) in [7, 11) is 0. The van der Waals surface area contributed by atoms with Crippen LogP contribution >= 0.6 is 0 Å². The van der Waals surface area contributed by atoms with Gasteiger partial charge in [0.25, 0.3) is 0 Å². The molecule has 1 unspecified atom stereocenters. The van der Waals surface area contributed by atoms with Gasteiger partial charge in [-0.25, -0.2) is 0 Å². The number of pyridine rings is 1. The predicted molar refractivity (Wildman–Crippen MR) is 83.0 cm³/mol. The molecule has 23 heavy (non-hydrogen) atoms. The molecule has 0 aromatic carbocycles. The molecule has 2 fully saturated rings. The van der Waals surface area contributed by atoms with E-state index in [0.29, 0.717) is 6.42 Å². The van der Waals surface area contributed by atoms with Crippen LogP contribution in [0.25, 0.3) is 0 Å². The number of aryl methyl sites for hydroxylation is 1. The van der Waals surface area contributed by atoms with E-state index in [9.17, 15) is 18.9 Å². The van der Waals surface area contributed by atoms with E-state index in [1.165, 1.54) is 6.20 Å². The zero-order valence-electron chi connectivity index (χ0n) is 13.1. The second-order valence-corrected chi connectivity index (χ2v) is 10.5. The van der Waals surface area contributed by atoms with Gasteiger partial charge < -0.3 is 0 Å². The number of rotatable bonds is 1. The fourth-order valence-electron chi connectivity index (χ4n) is 5.24. The molecule has 3 aliphatic rings. The Morgan fingerprint density at radius 2 is 2.22 bits per heavy atom. The first-order valence-corrected chi connectivity index (χ1v) is 11.1. The van der Waals surface area contributed by atoms with Crippen LogP contribution in [0.1, 0.15) is 42.1 Å². The number of hydrogen-bond donors (Lipinski definition) is 1. The standard InChI is InChI=1S/C17H21NO4Se/c1-10(19)14-4-5-15-13-3-2-11-8-18(21)7-6-12(11)16(13)23(22)9-17(14,15)20/h6-8,13-16,20H,2-5,9H2,1H3/t13-,14-,15-,16+,17-,23?/m0/s1. The molecule has 1 aromatic rings. The molecule has 124 valence electrons. The zero-order chi connectivity index (χ0) is 16.4. The second kappa shape index (κ2) is 5.20. The summed E-state index contributed by atoms with van der Waals surface area (Å²) in [5.74, 6) is -0.0934. The average Bonchev–Trinajstić information content (AvgIpc) is 2.83. The van der Waals surface area contributed by atoms with Gasteiger partial charge in [0.05, 0.1) is 0 Å². The Morgan fingerprint density at radius 1 is 1.43 bits per heavy atom. The van der Waals surface area contributed by atoms with Gasteiger partial charge in [-0.05, 0) is 0 Å². The van der Waals surface area contributed by atoms with Crippen molar-refractivity contribution in [2.75, 3.05) is 0 Å². The molecule has 0 amide bonds. The molecule has 0 spiro atoms. The number of carbonyl (C=O) groups excluding carboxylic acids is 1. The first kappa shape index (κ1) is 15.4. The summed E-state index contributed by atoms with van der Waals surface area (Å²) in [4.78, 5) is 11.9. The number of Topliss-reactive ketones (excluding diaryl/α,β-unsaturated/α-hetero) is 1. The first-order chi connectivity index (χ1) is 10.9. The summed E-state index contributed by atoms with van der Waals surface area (Å²) in [6, 6.07) is 1.81. The van der Waals surface area contributed by atoms with Crippen LogP contribution in [-0.2, 0) is 15.1 Å². The van der Waals surface area contributed by atoms with Crippen molar-refractivity contribution in [1.29, 1.82) is 0 Å². The number of nitrogens with zero attached hydrogens (tertiary/aromatic N) is 1. The summed E-state index contributed by atoms with van der Waals surface area (Å²) < 4.78 is 13.8. The van der Waals surface area contributed by atoms with E-state index >= 15 is 0 Å². The molecular formula is C17H21NO4Se. The summed E-state index contributed by atoms with van der Waals surface area (Å²) in [5.41, 5.74) is 0.978. The van der Waals surface area contributed by atoms with Gasteiger partial charge in [-0.2, -0.15) is 0 Å². The van der Waals surface area contributed by atoms with Crippen molar-refractivity contribution in [1.82, 2.24) is 0 Å². The normalized spacial score (nSPS) is 41.7. The number of hydrogen-bond acceptors (Lipinski definition) is 4. The van der Waals surface area contributed by atoms with E-state index in [0.717, 1.165) is 35.1 Å². The molecule has 1 saturated carbocycles. The van der Waals surface area contributed by atoms with E-state index < -0.39 is 19.4 Å². The molecule has 4 rings (SSSR count). The minimum absolute atomic E-state index is 0.0177. The van der Waals surface area contributed by atoms with Crippen LogP contribution in [-0.4, -0.2) is 30.3 Å². The molecule has 6 heteroatoms. The molecule has 0 bridgehead atoms.